The maximum atomic E-state index is 12.4. The molecule has 0 N–H and O–H groups in total. The molecule has 2 nitrogen and oxygen atoms in total. The molecule has 0 unspecified atom stereocenters. The summed E-state index contributed by atoms with van der Waals surface area (Å²) in [6.07, 6.45) is -2.53. The molecule has 0 aliphatic rings. The molecular formula is C14H10F3NO. The molecule has 0 radical (unpaired) electrons. The number of rotatable bonds is 2. The van der Waals surface area contributed by atoms with E-state index in [0.717, 1.165) is 23.5 Å². The van der Waals surface area contributed by atoms with Crippen LogP contribution in [0.15, 0.2) is 36.5 Å². The van der Waals surface area contributed by atoms with Gasteiger partial charge >= 0.3 is 6.18 Å². The van der Waals surface area contributed by atoms with Gasteiger partial charge in [0.25, 0.3) is 0 Å². The smallest absolute Gasteiger partial charge is 0.298 e. The van der Waals surface area contributed by atoms with Crippen molar-refractivity contribution >= 4 is 6.29 Å². The number of carbonyl (C=O) groups is 1. The van der Waals surface area contributed by atoms with Crippen LogP contribution >= 0.6 is 0 Å². The zero-order chi connectivity index (χ0) is 14.0. The predicted molar refractivity (Wildman–Crippen MR) is 64.8 cm³/mol. The SMILES string of the molecule is Cc1cc(C=O)ccc1-c1ccc(C(F)(F)F)nc1. The lowest BCUT2D eigenvalue weighted by Crippen LogP contribution is -2.07. The molecule has 2 rings (SSSR count). The zero-order valence-corrected chi connectivity index (χ0v) is 10.0. The molecule has 0 bridgehead atoms. The number of pyridine rings is 1. The van der Waals surface area contributed by atoms with Gasteiger partial charge in [0.2, 0.25) is 0 Å². The van der Waals surface area contributed by atoms with E-state index in [4.69, 9.17) is 0 Å². The molecule has 2 aromatic rings. The maximum Gasteiger partial charge on any atom is 0.433 e. The van der Waals surface area contributed by atoms with E-state index >= 15 is 0 Å². The number of alkyl halides is 3. The zero-order valence-electron chi connectivity index (χ0n) is 10.0. The van der Waals surface area contributed by atoms with Gasteiger partial charge in [-0.2, -0.15) is 13.2 Å². The van der Waals surface area contributed by atoms with E-state index in [1.807, 2.05) is 0 Å². The van der Waals surface area contributed by atoms with Crippen LogP contribution in [0.4, 0.5) is 13.2 Å². The van der Waals surface area contributed by atoms with Gasteiger partial charge in [0, 0.05) is 17.3 Å². The molecular weight excluding hydrogens is 255 g/mol. The van der Waals surface area contributed by atoms with Crippen LogP contribution in [0.5, 0.6) is 0 Å². The summed E-state index contributed by atoms with van der Waals surface area (Å²) in [6, 6.07) is 7.32. The Bertz CT molecular complexity index is 603. The maximum absolute atomic E-state index is 12.4. The van der Waals surface area contributed by atoms with E-state index in [9.17, 15) is 18.0 Å². The van der Waals surface area contributed by atoms with Crippen molar-refractivity contribution in [2.24, 2.45) is 0 Å². The van der Waals surface area contributed by atoms with E-state index in [0.29, 0.717) is 11.1 Å². The van der Waals surface area contributed by atoms with Crippen molar-refractivity contribution in [2.75, 3.05) is 0 Å². The fraction of sp³-hybridized carbons (Fsp3) is 0.143. The molecule has 0 fully saturated rings. The second kappa shape index (κ2) is 4.84. The van der Waals surface area contributed by atoms with Gasteiger partial charge in [-0.05, 0) is 30.2 Å². The van der Waals surface area contributed by atoms with E-state index < -0.39 is 11.9 Å². The second-order valence-corrected chi connectivity index (χ2v) is 4.12. The number of benzene rings is 1. The minimum atomic E-state index is -4.44. The topological polar surface area (TPSA) is 30.0 Å². The van der Waals surface area contributed by atoms with Gasteiger partial charge < -0.3 is 0 Å². The standard InChI is InChI=1S/C14H10F3NO/c1-9-6-10(8-19)2-4-12(9)11-3-5-13(18-7-11)14(15,16)17/h2-8H,1H3. The Morgan fingerprint density at radius 3 is 2.37 bits per heavy atom. The van der Waals surface area contributed by atoms with Gasteiger partial charge in [-0.1, -0.05) is 18.2 Å². The van der Waals surface area contributed by atoms with E-state index in [-0.39, 0.29) is 0 Å². The molecule has 19 heavy (non-hydrogen) atoms. The molecule has 0 saturated heterocycles. The molecule has 0 aliphatic heterocycles. The number of hydrogen-bond acceptors (Lipinski definition) is 2. The van der Waals surface area contributed by atoms with Crippen molar-refractivity contribution in [1.29, 1.82) is 0 Å². The van der Waals surface area contributed by atoms with Gasteiger partial charge in [-0.3, -0.25) is 9.78 Å². The highest BCUT2D eigenvalue weighted by Crippen LogP contribution is 2.29. The van der Waals surface area contributed by atoms with Crippen LogP contribution in [-0.4, -0.2) is 11.3 Å². The Hall–Kier alpha value is -2.17. The Morgan fingerprint density at radius 1 is 1.16 bits per heavy atom. The molecule has 5 heteroatoms. The van der Waals surface area contributed by atoms with Crippen LogP contribution in [0, 0.1) is 6.92 Å². The van der Waals surface area contributed by atoms with Crippen LogP contribution in [0.2, 0.25) is 0 Å². The van der Waals surface area contributed by atoms with Gasteiger partial charge in [0.05, 0.1) is 0 Å². The Labute approximate surface area is 107 Å². The monoisotopic (exact) mass is 265 g/mol. The summed E-state index contributed by atoms with van der Waals surface area (Å²) in [6.45, 7) is 1.79. The molecule has 0 spiro atoms. The lowest BCUT2D eigenvalue weighted by molar-refractivity contribution is -0.141. The molecule has 0 aliphatic carbocycles. The van der Waals surface area contributed by atoms with E-state index in [1.165, 1.54) is 12.3 Å². The first-order chi connectivity index (χ1) is 8.91. The van der Waals surface area contributed by atoms with Crippen LogP contribution in [-0.2, 0) is 6.18 Å². The highest BCUT2D eigenvalue weighted by Gasteiger charge is 2.32. The van der Waals surface area contributed by atoms with Gasteiger partial charge in [0.15, 0.2) is 0 Å². The quantitative estimate of drug-likeness (QED) is 0.771. The summed E-state index contributed by atoms with van der Waals surface area (Å²) in [5, 5.41) is 0. The Balaban J connectivity index is 2.40. The molecule has 1 aromatic heterocycles. The minimum Gasteiger partial charge on any atom is -0.298 e. The predicted octanol–water partition coefficient (Wildman–Crippen LogP) is 3.89. The first-order valence-electron chi connectivity index (χ1n) is 5.51. The Kier molecular flexibility index (Phi) is 3.38. The van der Waals surface area contributed by atoms with Crippen LogP contribution in [0.1, 0.15) is 21.6 Å². The fourth-order valence-electron chi connectivity index (χ4n) is 1.80. The van der Waals surface area contributed by atoms with Gasteiger partial charge in [-0.25, -0.2) is 0 Å². The molecule has 0 amide bonds. The third kappa shape index (κ3) is 2.81. The fourth-order valence-corrected chi connectivity index (χ4v) is 1.80. The third-order valence-corrected chi connectivity index (χ3v) is 2.75. The summed E-state index contributed by atoms with van der Waals surface area (Å²) in [5.41, 5.74) is 1.76. The van der Waals surface area contributed by atoms with Crippen LogP contribution in [0.3, 0.4) is 0 Å². The largest absolute Gasteiger partial charge is 0.433 e. The number of hydrogen-bond donors (Lipinski definition) is 0. The Morgan fingerprint density at radius 2 is 1.89 bits per heavy atom. The first-order valence-corrected chi connectivity index (χ1v) is 5.51. The molecule has 1 aromatic carbocycles. The lowest BCUT2D eigenvalue weighted by Gasteiger charge is -2.09. The summed E-state index contributed by atoms with van der Waals surface area (Å²) in [4.78, 5) is 14.0. The van der Waals surface area contributed by atoms with Crippen molar-refractivity contribution in [3.05, 3.63) is 53.3 Å². The minimum absolute atomic E-state index is 0.529. The summed E-state index contributed by atoms with van der Waals surface area (Å²) < 4.78 is 37.2. The van der Waals surface area contributed by atoms with Crippen molar-refractivity contribution in [1.82, 2.24) is 4.98 Å². The molecule has 0 atom stereocenters. The number of aromatic nitrogens is 1. The van der Waals surface area contributed by atoms with Crippen LogP contribution in [0.25, 0.3) is 11.1 Å². The number of carbonyl (C=O) groups excluding carboxylic acids is 1. The molecule has 98 valence electrons. The van der Waals surface area contributed by atoms with Crippen LogP contribution < -0.4 is 0 Å². The number of aryl methyl sites for hydroxylation is 1. The average molecular weight is 265 g/mol. The van der Waals surface area contributed by atoms with Crippen molar-refractivity contribution in [2.45, 2.75) is 13.1 Å². The molecule has 0 saturated carbocycles. The lowest BCUT2D eigenvalue weighted by atomic mass is 10.00. The van der Waals surface area contributed by atoms with Gasteiger partial charge in [0.1, 0.15) is 12.0 Å². The number of halogens is 3. The number of nitrogens with zero attached hydrogens (tertiary/aromatic N) is 1. The third-order valence-electron chi connectivity index (χ3n) is 2.75. The van der Waals surface area contributed by atoms with E-state index in [2.05, 4.69) is 4.98 Å². The van der Waals surface area contributed by atoms with Crippen molar-refractivity contribution < 1.29 is 18.0 Å². The highest BCUT2D eigenvalue weighted by atomic mass is 19.4. The number of aldehydes is 1. The highest BCUT2D eigenvalue weighted by molar-refractivity contribution is 5.78. The second-order valence-electron chi connectivity index (χ2n) is 4.12. The van der Waals surface area contributed by atoms with Gasteiger partial charge in [-0.15, -0.1) is 0 Å². The average Bonchev–Trinajstić information content (AvgIpc) is 2.37. The summed E-state index contributed by atoms with van der Waals surface area (Å²) >= 11 is 0. The normalized spacial score (nSPS) is 11.4. The summed E-state index contributed by atoms with van der Waals surface area (Å²) in [5.74, 6) is 0. The van der Waals surface area contributed by atoms with Crippen molar-refractivity contribution in [3.63, 3.8) is 0 Å². The molecule has 1 heterocycles. The van der Waals surface area contributed by atoms with Crippen molar-refractivity contribution in [3.8, 4) is 11.1 Å². The summed E-state index contributed by atoms with van der Waals surface area (Å²) in [7, 11) is 0. The first kappa shape index (κ1) is 13.3. The van der Waals surface area contributed by atoms with E-state index in [1.54, 1.807) is 25.1 Å².